The highest BCUT2D eigenvalue weighted by Crippen LogP contribution is 2.21. The number of benzene rings is 2. The Morgan fingerprint density at radius 1 is 1.09 bits per heavy atom. The molecule has 2 aromatic carbocycles. The SMILES string of the molecule is Cc1nn(CCO)cc1CC(=O)c1cccc(-n2cc(CC(=O)Nc3ccccc3Cl)cn2)c1. The van der Waals surface area contributed by atoms with Crippen LogP contribution in [0.15, 0.2) is 67.1 Å². The molecule has 4 rings (SSSR count). The van der Waals surface area contributed by atoms with Crippen LogP contribution in [-0.4, -0.2) is 43.0 Å². The van der Waals surface area contributed by atoms with Gasteiger partial charge in [0.15, 0.2) is 5.78 Å². The Balaban J connectivity index is 1.43. The van der Waals surface area contributed by atoms with Gasteiger partial charge < -0.3 is 10.4 Å². The third-order valence-corrected chi connectivity index (χ3v) is 5.64. The average molecular weight is 478 g/mol. The number of para-hydroxylation sites is 1. The summed E-state index contributed by atoms with van der Waals surface area (Å²) in [6.45, 7) is 2.23. The van der Waals surface area contributed by atoms with Crippen molar-refractivity contribution in [2.45, 2.75) is 26.3 Å². The first-order valence-corrected chi connectivity index (χ1v) is 11.2. The number of aliphatic hydroxyl groups excluding tert-OH is 1. The number of hydrogen-bond acceptors (Lipinski definition) is 5. The summed E-state index contributed by atoms with van der Waals surface area (Å²) in [5.74, 6) is -0.242. The number of aryl methyl sites for hydroxylation is 1. The van der Waals surface area contributed by atoms with Crippen molar-refractivity contribution >= 4 is 29.0 Å². The lowest BCUT2D eigenvalue weighted by molar-refractivity contribution is -0.115. The fourth-order valence-corrected chi connectivity index (χ4v) is 3.76. The number of Topliss-reactive ketones (excluding diaryl/α,β-unsaturated/α-hetero) is 1. The van der Waals surface area contributed by atoms with E-state index in [1.165, 1.54) is 0 Å². The molecule has 0 atom stereocenters. The zero-order valence-corrected chi connectivity index (χ0v) is 19.4. The summed E-state index contributed by atoms with van der Waals surface area (Å²) in [5, 5.41) is 21.0. The van der Waals surface area contributed by atoms with Gasteiger partial charge in [-0.2, -0.15) is 10.2 Å². The molecule has 0 bridgehead atoms. The van der Waals surface area contributed by atoms with Crippen LogP contribution >= 0.6 is 11.6 Å². The Hall–Kier alpha value is -3.75. The Morgan fingerprint density at radius 2 is 1.91 bits per heavy atom. The molecule has 0 fully saturated rings. The van der Waals surface area contributed by atoms with E-state index in [0.717, 1.165) is 22.5 Å². The van der Waals surface area contributed by atoms with Gasteiger partial charge in [-0.1, -0.05) is 35.9 Å². The predicted molar refractivity (Wildman–Crippen MR) is 129 cm³/mol. The number of nitrogens with one attached hydrogen (secondary N) is 1. The first-order chi connectivity index (χ1) is 16.4. The average Bonchev–Trinajstić information content (AvgIpc) is 3.42. The molecule has 0 unspecified atom stereocenters. The van der Waals surface area contributed by atoms with Crippen molar-refractivity contribution in [3.8, 4) is 5.69 Å². The first kappa shape index (κ1) is 23.4. The van der Waals surface area contributed by atoms with Gasteiger partial charge in [-0.25, -0.2) is 4.68 Å². The number of hydrogen-bond donors (Lipinski definition) is 2. The van der Waals surface area contributed by atoms with E-state index in [4.69, 9.17) is 16.7 Å². The van der Waals surface area contributed by atoms with Crippen molar-refractivity contribution in [2.75, 3.05) is 11.9 Å². The molecule has 0 aliphatic rings. The molecule has 2 N–H and O–H groups in total. The molecule has 0 aliphatic heterocycles. The van der Waals surface area contributed by atoms with Gasteiger partial charge in [0.2, 0.25) is 5.91 Å². The summed E-state index contributed by atoms with van der Waals surface area (Å²) < 4.78 is 3.28. The number of nitrogens with zero attached hydrogens (tertiary/aromatic N) is 4. The molecule has 174 valence electrons. The van der Waals surface area contributed by atoms with Crippen molar-refractivity contribution in [3.63, 3.8) is 0 Å². The highest BCUT2D eigenvalue weighted by Gasteiger charge is 2.14. The number of aromatic nitrogens is 4. The normalized spacial score (nSPS) is 10.9. The molecular formula is C25H24ClN5O3. The van der Waals surface area contributed by atoms with Gasteiger partial charge in [-0.05, 0) is 36.8 Å². The lowest BCUT2D eigenvalue weighted by Crippen LogP contribution is -2.14. The van der Waals surface area contributed by atoms with Gasteiger partial charge in [0, 0.05) is 29.9 Å². The van der Waals surface area contributed by atoms with Crippen molar-refractivity contribution < 1.29 is 14.7 Å². The highest BCUT2D eigenvalue weighted by molar-refractivity contribution is 6.33. The van der Waals surface area contributed by atoms with Crippen LogP contribution in [0.2, 0.25) is 5.02 Å². The third kappa shape index (κ3) is 5.59. The van der Waals surface area contributed by atoms with Gasteiger partial charge >= 0.3 is 0 Å². The number of ketones is 1. The number of amides is 1. The van der Waals surface area contributed by atoms with Crippen LogP contribution in [0.3, 0.4) is 0 Å². The van der Waals surface area contributed by atoms with Crippen molar-refractivity contribution in [2.24, 2.45) is 0 Å². The third-order valence-electron chi connectivity index (χ3n) is 5.31. The maximum Gasteiger partial charge on any atom is 0.228 e. The number of rotatable bonds is 9. The smallest absolute Gasteiger partial charge is 0.228 e. The van der Waals surface area contributed by atoms with E-state index in [-0.39, 0.29) is 31.1 Å². The minimum absolute atomic E-state index is 0.00985. The van der Waals surface area contributed by atoms with E-state index in [2.05, 4.69) is 15.5 Å². The molecule has 4 aromatic rings. The molecule has 1 amide bonds. The fraction of sp³-hybridized carbons (Fsp3) is 0.200. The summed E-state index contributed by atoms with van der Waals surface area (Å²) in [6.07, 6.45) is 5.54. The number of anilines is 1. The first-order valence-electron chi connectivity index (χ1n) is 10.8. The summed E-state index contributed by atoms with van der Waals surface area (Å²) in [5.41, 5.74) is 4.16. The molecule has 34 heavy (non-hydrogen) atoms. The molecule has 0 saturated heterocycles. The summed E-state index contributed by atoms with van der Waals surface area (Å²) in [7, 11) is 0. The Kier molecular flexibility index (Phi) is 7.20. The van der Waals surface area contributed by atoms with Crippen LogP contribution in [0.25, 0.3) is 5.69 Å². The summed E-state index contributed by atoms with van der Waals surface area (Å²) >= 11 is 6.10. The van der Waals surface area contributed by atoms with Crippen LogP contribution in [0.5, 0.6) is 0 Å². The van der Waals surface area contributed by atoms with E-state index in [1.54, 1.807) is 70.4 Å². The minimum atomic E-state index is -0.200. The van der Waals surface area contributed by atoms with E-state index in [9.17, 15) is 9.59 Å². The second kappa shape index (κ2) is 10.5. The van der Waals surface area contributed by atoms with Gasteiger partial charge in [-0.15, -0.1) is 0 Å². The fourth-order valence-electron chi connectivity index (χ4n) is 3.58. The Morgan fingerprint density at radius 3 is 2.71 bits per heavy atom. The molecule has 0 spiro atoms. The van der Waals surface area contributed by atoms with Crippen LogP contribution in [-0.2, 0) is 24.2 Å². The van der Waals surface area contributed by atoms with Crippen molar-refractivity contribution in [1.29, 1.82) is 0 Å². The molecule has 9 heteroatoms. The van der Waals surface area contributed by atoms with E-state index in [1.807, 2.05) is 13.0 Å². The van der Waals surface area contributed by atoms with E-state index < -0.39 is 0 Å². The van der Waals surface area contributed by atoms with Crippen LogP contribution in [0.4, 0.5) is 5.69 Å². The predicted octanol–water partition coefficient (Wildman–Crippen LogP) is 3.63. The lowest BCUT2D eigenvalue weighted by Gasteiger charge is -2.06. The maximum absolute atomic E-state index is 12.9. The highest BCUT2D eigenvalue weighted by atomic mass is 35.5. The molecule has 2 aromatic heterocycles. The van der Waals surface area contributed by atoms with Gasteiger partial charge in [-0.3, -0.25) is 14.3 Å². The number of carbonyl (C=O) groups is 2. The standard InChI is InChI=1S/C25H24ClN5O3/c1-17-20(16-30(29-17)9-10-32)13-24(33)19-5-4-6-21(12-19)31-15-18(14-27-31)11-25(34)28-23-8-3-2-7-22(23)26/h2-8,12,14-16,32H,9-11,13H2,1H3,(H,28,34). The topological polar surface area (TPSA) is 102 Å². The maximum atomic E-state index is 12.9. The number of halogens is 1. The Bertz CT molecular complexity index is 1330. The molecule has 0 aliphatic carbocycles. The van der Waals surface area contributed by atoms with Crippen molar-refractivity contribution in [3.05, 3.63) is 94.5 Å². The van der Waals surface area contributed by atoms with Gasteiger partial charge in [0.05, 0.1) is 47.9 Å². The molecule has 2 heterocycles. The van der Waals surface area contributed by atoms with Crippen LogP contribution in [0, 0.1) is 6.92 Å². The number of carbonyl (C=O) groups excluding carboxylic acids is 2. The quantitative estimate of drug-likeness (QED) is 0.358. The zero-order chi connectivity index (χ0) is 24.1. The monoisotopic (exact) mass is 477 g/mol. The van der Waals surface area contributed by atoms with Crippen LogP contribution in [0.1, 0.15) is 27.2 Å². The summed E-state index contributed by atoms with van der Waals surface area (Å²) in [4.78, 5) is 25.3. The van der Waals surface area contributed by atoms with Crippen LogP contribution < -0.4 is 5.32 Å². The van der Waals surface area contributed by atoms with E-state index in [0.29, 0.717) is 22.8 Å². The van der Waals surface area contributed by atoms with Gasteiger partial charge in [0.25, 0.3) is 0 Å². The summed E-state index contributed by atoms with van der Waals surface area (Å²) in [6, 6.07) is 14.2. The van der Waals surface area contributed by atoms with Gasteiger partial charge in [0.1, 0.15) is 0 Å². The minimum Gasteiger partial charge on any atom is -0.394 e. The molecule has 0 saturated carbocycles. The molecule has 8 nitrogen and oxygen atoms in total. The van der Waals surface area contributed by atoms with E-state index >= 15 is 0 Å². The number of aliphatic hydroxyl groups is 1. The second-order valence-corrected chi connectivity index (χ2v) is 8.28. The lowest BCUT2D eigenvalue weighted by atomic mass is 10.0. The van der Waals surface area contributed by atoms with Crippen molar-refractivity contribution in [1.82, 2.24) is 19.6 Å². The second-order valence-electron chi connectivity index (χ2n) is 7.87. The molecule has 0 radical (unpaired) electrons. The largest absolute Gasteiger partial charge is 0.394 e. The zero-order valence-electron chi connectivity index (χ0n) is 18.6. The molecular weight excluding hydrogens is 454 g/mol. The Labute approximate surface area is 201 Å².